The van der Waals surface area contributed by atoms with E-state index >= 15 is 0 Å². The molecule has 19 heavy (non-hydrogen) atoms. The van der Waals surface area contributed by atoms with Crippen molar-refractivity contribution >= 4 is 5.78 Å². The van der Waals surface area contributed by atoms with Gasteiger partial charge in [-0.25, -0.2) is 0 Å². The van der Waals surface area contributed by atoms with Crippen LogP contribution in [0, 0.1) is 0 Å². The lowest BCUT2D eigenvalue weighted by Crippen LogP contribution is -2.47. The maximum absolute atomic E-state index is 12.7. The Morgan fingerprint density at radius 2 is 1.95 bits per heavy atom. The molecule has 1 atom stereocenters. The van der Waals surface area contributed by atoms with Gasteiger partial charge in [0.2, 0.25) is 0 Å². The summed E-state index contributed by atoms with van der Waals surface area (Å²) in [5.41, 5.74) is 0.829. The number of ether oxygens (including phenoxy) is 1. The molecule has 0 aromatic heterocycles. The SMILES string of the molecule is CCCC[C@@H](C(=O)c1ccccc1)N1CCOCC1. The first-order chi connectivity index (χ1) is 9.33. The van der Waals surface area contributed by atoms with Crippen molar-refractivity contribution in [3.63, 3.8) is 0 Å². The number of benzene rings is 1. The first-order valence-corrected chi connectivity index (χ1v) is 7.24. The van der Waals surface area contributed by atoms with Crippen molar-refractivity contribution in [3.05, 3.63) is 35.9 Å². The molecule has 0 saturated carbocycles. The van der Waals surface area contributed by atoms with Crippen LogP contribution >= 0.6 is 0 Å². The molecule has 0 bridgehead atoms. The summed E-state index contributed by atoms with van der Waals surface area (Å²) >= 11 is 0. The van der Waals surface area contributed by atoms with E-state index in [1.54, 1.807) is 0 Å². The highest BCUT2D eigenvalue weighted by Crippen LogP contribution is 2.16. The molecule has 3 nitrogen and oxygen atoms in total. The lowest BCUT2D eigenvalue weighted by Gasteiger charge is -2.33. The van der Waals surface area contributed by atoms with Gasteiger partial charge in [0, 0.05) is 18.7 Å². The van der Waals surface area contributed by atoms with Gasteiger partial charge in [0.25, 0.3) is 0 Å². The second-order valence-electron chi connectivity index (χ2n) is 5.04. The predicted molar refractivity (Wildman–Crippen MR) is 76.5 cm³/mol. The lowest BCUT2D eigenvalue weighted by molar-refractivity contribution is 0.0157. The number of morpholine rings is 1. The van der Waals surface area contributed by atoms with Gasteiger partial charge < -0.3 is 4.74 Å². The van der Waals surface area contributed by atoms with Crippen molar-refractivity contribution in [3.8, 4) is 0 Å². The molecule has 1 aromatic rings. The zero-order valence-corrected chi connectivity index (χ0v) is 11.7. The minimum Gasteiger partial charge on any atom is -0.379 e. The van der Waals surface area contributed by atoms with Crippen LogP contribution in [0.2, 0.25) is 0 Å². The zero-order chi connectivity index (χ0) is 13.5. The van der Waals surface area contributed by atoms with E-state index in [0.29, 0.717) is 0 Å². The standard InChI is InChI=1S/C16H23NO2/c1-2-3-9-15(17-10-12-19-13-11-17)16(18)14-7-5-4-6-8-14/h4-8,15H,2-3,9-13H2,1H3/t15-/m0/s1. The molecule has 1 heterocycles. The molecular formula is C16H23NO2. The molecule has 3 heteroatoms. The average Bonchev–Trinajstić information content (AvgIpc) is 2.49. The first kappa shape index (κ1) is 14.2. The molecule has 1 aromatic carbocycles. The van der Waals surface area contributed by atoms with Gasteiger partial charge in [0.1, 0.15) is 0 Å². The fourth-order valence-corrected chi connectivity index (χ4v) is 2.56. The van der Waals surface area contributed by atoms with E-state index in [2.05, 4.69) is 11.8 Å². The predicted octanol–water partition coefficient (Wildman–Crippen LogP) is 2.76. The van der Waals surface area contributed by atoms with E-state index in [0.717, 1.165) is 51.1 Å². The summed E-state index contributed by atoms with van der Waals surface area (Å²) in [4.78, 5) is 15.0. The van der Waals surface area contributed by atoms with Crippen LogP contribution < -0.4 is 0 Å². The molecule has 2 rings (SSSR count). The highest BCUT2D eigenvalue weighted by atomic mass is 16.5. The van der Waals surface area contributed by atoms with Crippen LogP contribution in [0.5, 0.6) is 0 Å². The summed E-state index contributed by atoms with van der Waals surface area (Å²) in [6, 6.07) is 9.68. The molecule has 1 aliphatic heterocycles. The molecule has 0 spiro atoms. The van der Waals surface area contributed by atoms with Gasteiger partial charge in [-0.05, 0) is 6.42 Å². The van der Waals surface area contributed by atoms with E-state index in [4.69, 9.17) is 4.74 Å². The summed E-state index contributed by atoms with van der Waals surface area (Å²) in [6.45, 7) is 5.39. The maximum atomic E-state index is 12.7. The van der Waals surface area contributed by atoms with Gasteiger partial charge in [-0.1, -0.05) is 50.1 Å². The third-order valence-electron chi connectivity index (χ3n) is 3.68. The second-order valence-corrected chi connectivity index (χ2v) is 5.04. The zero-order valence-electron chi connectivity index (χ0n) is 11.7. The van der Waals surface area contributed by atoms with Crippen LogP contribution in [0.15, 0.2) is 30.3 Å². The van der Waals surface area contributed by atoms with Crippen molar-refractivity contribution in [1.29, 1.82) is 0 Å². The van der Waals surface area contributed by atoms with Gasteiger partial charge >= 0.3 is 0 Å². The van der Waals surface area contributed by atoms with Crippen molar-refractivity contribution in [2.24, 2.45) is 0 Å². The number of nitrogens with zero attached hydrogens (tertiary/aromatic N) is 1. The van der Waals surface area contributed by atoms with E-state index in [9.17, 15) is 4.79 Å². The van der Waals surface area contributed by atoms with Crippen LogP contribution in [0.3, 0.4) is 0 Å². The molecule has 0 unspecified atom stereocenters. The average molecular weight is 261 g/mol. The third-order valence-corrected chi connectivity index (χ3v) is 3.68. The van der Waals surface area contributed by atoms with E-state index in [-0.39, 0.29) is 11.8 Å². The van der Waals surface area contributed by atoms with E-state index < -0.39 is 0 Å². The number of Topliss-reactive ketones (excluding diaryl/α,β-unsaturated/α-hetero) is 1. The maximum Gasteiger partial charge on any atom is 0.179 e. The number of carbonyl (C=O) groups is 1. The largest absolute Gasteiger partial charge is 0.379 e. The van der Waals surface area contributed by atoms with E-state index in [1.807, 2.05) is 30.3 Å². The molecule has 0 amide bonds. The number of carbonyl (C=O) groups excluding carboxylic acids is 1. The van der Waals surface area contributed by atoms with Crippen LogP contribution in [0.1, 0.15) is 36.5 Å². The molecule has 1 aliphatic rings. The molecule has 1 fully saturated rings. The number of ketones is 1. The Kier molecular flexibility index (Phi) is 5.55. The first-order valence-electron chi connectivity index (χ1n) is 7.24. The number of hydrogen-bond donors (Lipinski definition) is 0. The monoisotopic (exact) mass is 261 g/mol. The van der Waals surface area contributed by atoms with Crippen LogP contribution in [-0.4, -0.2) is 43.0 Å². The van der Waals surface area contributed by atoms with Crippen LogP contribution in [0.25, 0.3) is 0 Å². The van der Waals surface area contributed by atoms with Crippen molar-refractivity contribution < 1.29 is 9.53 Å². The van der Waals surface area contributed by atoms with Gasteiger partial charge in [-0.15, -0.1) is 0 Å². The summed E-state index contributed by atoms with van der Waals surface area (Å²) in [5, 5.41) is 0. The summed E-state index contributed by atoms with van der Waals surface area (Å²) in [6.07, 6.45) is 3.17. The normalized spacial score (nSPS) is 18.2. The van der Waals surface area contributed by atoms with Gasteiger partial charge in [-0.3, -0.25) is 9.69 Å². The second kappa shape index (κ2) is 7.41. The Morgan fingerprint density at radius 1 is 1.26 bits per heavy atom. The third kappa shape index (κ3) is 3.88. The van der Waals surface area contributed by atoms with Gasteiger partial charge in [0.05, 0.1) is 19.3 Å². The fourth-order valence-electron chi connectivity index (χ4n) is 2.56. The molecule has 0 aliphatic carbocycles. The Balaban J connectivity index is 2.09. The Labute approximate surface area is 115 Å². The fraction of sp³-hybridized carbons (Fsp3) is 0.562. The smallest absolute Gasteiger partial charge is 0.179 e. The lowest BCUT2D eigenvalue weighted by atomic mass is 9.97. The molecule has 104 valence electrons. The topological polar surface area (TPSA) is 29.5 Å². The Morgan fingerprint density at radius 3 is 2.58 bits per heavy atom. The Hall–Kier alpha value is -1.19. The minimum atomic E-state index is 0.0197. The highest BCUT2D eigenvalue weighted by Gasteiger charge is 2.27. The highest BCUT2D eigenvalue weighted by molar-refractivity contribution is 6.00. The number of hydrogen-bond acceptors (Lipinski definition) is 3. The molecular weight excluding hydrogens is 238 g/mol. The summed E-state index contributed by atoms with van der Waals surface area (Å²) in [5.74, 6) is 0.260. The number of rotatable bonds is 6. The quantitative estimate of drug-likeness (QED) is 0.737. The summed E-state index contributed by atoms with van der Waals surface area (Å²) in [7, 11) is 0. The summed E-state index contributed by atoms with van der Waals surface area (Å²) < 4.78 is 5.39. The molecule has 0 radical (unpaired) electrons. The number of unbranched alkanes of at least 4 members (excludes halogenated alkanes) is 1. The van der Waals surface area contributed by atoms with Gasteiger partial charge in [0.15, 0.2) is 5.78 Å². The van der Waals surface area contributed by atoms with Gasteiger partial charge in [-0.2, -0.15) is 0 Å². The molecule has 1 saturated heterocycles. The Bertz CT molecular complexity index is 385. The minimum absolute atomic E-state index is 0.0197. The van der Waals surface area contributed by atoms with Crippen LogP contribution in [-0.2, 0) is 4.74 Å². The van der Waals surface area contributed by atoms with Crippen molar-refractivity contribution in [2.45, 2.75) is 32.2 Å². The van der Waals surface area contributed by atoms with Crippen molar-refractivity contribution in [1.82, 2.24) is 4.90 Å². The van der Waals surface area contributed by atoms with Crippen LogP contribution in [0.4, 0.5) is 0 Å². The van der Waals surface area contributed by atoms with Crippen molar-refractivity contribution in [2.75, 3.05) is 26.3 Å². The molecule has 0 N–H and O–H groups in total. The van der Waals surface area contributed by atoms with E-state index in [1.165, 1.54) is 0 Å².